The summed E-state index contributed by atoms with van der Waals surface area (Å²) in [5, 5.41) is 8.52. The molecule has 2 saturated carbocycles. The number of ether oxygens (including phenoxy) is 1. The highest BCUT2D eigenvalue weighted by atomic mass is 19.1. The smallest absolute Gasteiger partial charge is 0.171 e. The van der Waals surface area contributed by atoms with Crippen LogP contribution in [0.1, 0.15) is 49.3 Å². The predicted octanol–water partition coefficient (Wildman–Crippen LogP) is 2.67. The summed E-state index contributed by atoms with van der Waals surface area (Å²) >= 11 is 0. The molecule has 0 bridgehead atoms. The average molecular weight is 320 g/mol. The zero-order valence-electron chi connectivity index (χ0n) is 12.6. The minimum atomic E-state index is -0.715. The molecule has 5 nitrogen and oxygen atoms in total. The Bertz CT molecular complexity index is 723. The summed E-state index contributed by atoms with van der Waals surface area (Å²) < 4.78 is 34.2. The molecule has 2 aromatic rings. The monoisotopic (exact) mass is 320 g/mol. The molecule has 1 aromatic carbocycles. The van der Waals surface area contributed by atoms with Crippen LogP contribution in [0.4, 0.5) is 8.78 Å². The Morgan fingerprint density at radius 2 is 2.00 bits per heavy atom. The molecular formula is C16H18F2N4O. The molecule has 122 valence electrons. The Labute approximate surface area is 132 Å². The van der Waals surface area contributed by atoms with Crippen molar-refractivity contribution >= 4 is 0 Å². The number of nitrogens with two attached hydrogens (primary N) is 1. The molecule has 0 spiro atoms. The third-order valence-electron chi connectivity index (χ3n) is 4.50. The van der Waals surface area contributed by atoms with Gasteiger partial charge in [-0.15, -0.1) is 10.2 Å². The van der Waals surface area contributed by atoms with E-state index < -0.39 is 11.6 Å². The molecule has 7 heteroatoms. The lowest BCUT2D eigenvalue weighted by Crippen LogP contribution is -2.36. The molecule has 0 atom stereocenters. The van der Waals surface area contributed by atoms with Gasteiger partial charge in [0.15, 0.2) is 17.4 Å². The van der Waals surface area contributed by atoms with E-state index in [1.165, 1.54) is 12.1 Å². The van der Waals surface area contributed by atoms with Crippen molar-refractivity contribution in [1.29, 1.82) is 0 Å². The number of halogens is 2. The van der Waals surface area contributed by atoms with Crippen LogP contribution in [0.5, 0.6) is 5.75 Å². The number of benzene rings is 1. The highest BCUT2D eigenvalue weighted by Crippen LogP contribution is 2.42. The number of aromatic nitrogens is 3. The van der Waals surface area contributed by atoms with Gasteiger partial charge in [-0.05, 0) is 37.8 Å². The molecule has 2 fully saturated rings. The molecular weight excluding hydrogens is 302 g/mol. The van der Waals surface area contributed by atoms with Crippen molar-refractivity contribution in [3.8, 4) is 5.75 Å². The average Bonchev–Trinajstić information content (AvgIpc) is 3.24. The van der Waals surface area contributed by atoms with Crippen LogP contribution in [0.3, 0.4) is 0 Å². The SMILES string of the molecule is NC1CC(c2nnc(COc3ccc(F)cc3F)n2C2CC2)C1. The zero-order chi connectivity index (χ0) is 16.0. The predicted molar refractivity (Wildman–Crippen MR) is 78.9 cm³/mol. The fraction of sp³-hybridized carbons (Fsp3) is 0.500. The van der Waals surface area contributed by atoms with Gasteiger partial charge in [0.05, 0.1) is 0 Å². The normalized spacial score (nSPS) is 23.6. The molecule has 0 saturated heterocycles. The lowest BCUT2D eigenvalue weighted by molar-refractivity contribution is 0.271. The van der Waals surface area contributed by atoms with E-state index in [4.69, 9.17) is 10.5 Å². The summed E-state index contributed by atoms with van der Waals surface area (Å²) in [6, 6.07) is 3.92. The van der Waals surface area contributed by atoms with Gasteiger partial charge in [-0.25, -0.2) is 8.78 Å². The van der Waals surface area contributed by atoms with Crippen molar-refractivity contribution in [3.05, 3.63) is 41.5 Å². The quantitative estimate of drug-likeness (QED) is 0.920. The van der Waals surface area contributed by atoms with Gasteiger partial charge in [0, 0.05) is 24.1 Å². The third kappa shape index (κ3) is 2.81. The number of nitrogens with zero attached hydrogens (tertiary/aromatic N) is 3. The first-order chi connectivity index (χ1) is 11.1. The van der Waals surface area contributed by atoms with Crippen molar-refractivity contribution in [3.63, 3.8) is 0 Å². The lowest BCUT2D eigenvalue weighted by Gasteiger charge is -2.31. The Balaban J connectivity index is 1.52. The first-order valence-corrected chi connectivity index (χ1v) is 7.89. The van der Waals surface area contributed by atoms with Crippen molar-refractivity contribution in [2.45, 2.75) is 50.3 Å². The zero-order valence-corrected chi connectivity index (χ0v) is 12.6. The van der Waals surface area contributed by atoms with Crippen LogP contribution in [-0.4, -0.2) is 20.8 Å². The first-order valence-electron chi connectivity index (χ1n) is 7.89. The van der Waals surface area contributed by atoms with Gasteiger partial charge >= 0.3 is 0 Å². The second kappa shape index (κ2) is 5.56. The lowest BCUT2D eigenvalue weighted by atomic mass is 9.80. The van der Waals surface area contributed by atoms with Crippen LogP contribution in [-0.2, 0) is 6.61 Å². The maximum atomic E-state index is 13.6. The van der Waals surface area contributed by atoms with Crippen LogP contribution >= 0.6 is 0 Å². The van der Waals surface area contributed by atoms with Gasteiger partial charge in [0.2, 0.25) is 0 Å². The van der Waals surface area contributed by atoms with Gasteiger partial charge in [-0.1, -0.05) is 0 Å². The van der Waals surface area contributed by atoms with Gasteiger partial charge in [0.1, 0.15) is 18.2 Å². The van der Waals surface area contributed by atoms with Crippen LogP contribution in [0.25, 0.3) is 0 Å². The molecule has 0 amide bonds. The van der Waals surface area contributed by atoms with Gasteiger partial charge in [0.25, 0.3) is 0 Å². The Hall–Kier alpha value is -2.02. The van der Waals surface area contributed by atoms with E-state index >= 15 is 0 Å². The van der Waals surface area contributed by atoms with E-state index in [1.54, 1.807) is 0 Å². The van der Waals surface area contributed by atoms with Gasteiger partial charge in [-0.3, -0.25) is 0 Å². The summed E-state index contributed by atoms with van der Waals surface area (Å²) in [4.78, 5) is 0. The number of hydrogen-bond acceptors (Lipinski definition) is 4. The first kappa shape index (κ1) is 14.6. The maximum absolute atomic E-state index is 13.6. The summed E-state index contributed by atoms with van der Waals surface area (Å²) in [5.74, 6) is 0.685. The summed E-state index contributed by atoms with van der Waals surface area (Å²) in [7, 11) is 0. The Kier molecular flexibility index (Phi) is 3.52. The minimum absolute atomic E-state index is 0.0176. The molecule has 2 N–H and O–H groups in total. The van der Waals surface area contributed by atoms with Crippen molar-refractivity contribution < 1.29 is 13.5 Å². The Morgan fingerprint density at radius 1 is 1.22 bits per heavy atom. The minimum Gasteiger partial charge on any atom is -0.483 e. The molecule has 2 aliphatic rings. The molecule has 4 rings (SSSR count). The van der Waals surface area contributed by atoms with Crippen molar-refractivity contribution in [2.75, 3.05) is 0 Å². The molecule has 23 heavy (non-hydrogen) atoms. The largest absolute Gasteiger partial charge is 0.483 e. The van der Waals surface area contributed by atoms with E-state index in [1.807, 2.05) is 0 Å². The second-order valence-electron chi connectivity index (χ2n) is 6.37. The third-order valence-corrected chi connectivity index (χ3v) is 4.50. The van der Waals surface area contributed by atoms with Crippen molar-refractivity contribution in [2.24, 2.45) is 5.73 Å². The summed E-state index contributed by atoms with van der Waals surface area (Å²) in [6.45, 7) is 0.116. The number of hydrogen-bond donors (Lipinski definition) is 1. The second-order valence-corrected chi connectivity index (χ2v) is 6.37. The molecule has 0 unspecified atom stereocenters. The Morgan fingerprint density at radius 3 is 2.65 bits per heavy atom. The van der Waals surface area contributed by atoms with E-state index in [9.17, 15) is 8.78 Å². The number of rotatable bonds is 5. The highest BCUT2D eigenvalue weighted by Gasteiger charge is 2.37. The van der Waals surface area contributed by atoms with Crippen LogP contribution < -0.4 is 10.5 Å². The molecule has 1 heterocycles. The standard InChI is InChI=1S/C16H18F2N4O/c17-10-1-4-14(13(18)7-10)23-8-15-20-21-16(9-5-11(19)6-9)22(15)12-2-3-12/h1,4,7,9,11-12H,2-3,5-6,8,19H2. The summed E-state index contributed by atoms with van der Waals surface area (Å²) in [6.07, 6.45) is 4.06. The van der Waals surface area contributed by atoms with E-state index in [2.05, 4.69) is 14.8 Å². The molecule has 1 aromatic heterocycles. The van der Waals surface area contributed by atoms with Crippen LogP contribution in [0.2, 0.25) is 0 Å². The van der Waals surface area contributed by atoms with Crippen LogP contribution in [0, 0.1) is 11.6 Å². The van der Waals surface area contributed by atoms with Gasteiger partial charge < -0.3 is 15.0 Å². The van der Waals surface area contributed by atoms with Crippen LogP contribution in [0.15, 0.2) is 18.2 Å². The van der Waals surface area contributed by atoms with E-state index in [-0.39, 0.29) is 18.4 Å². The highest BCUT2D eigenvalue weighted by molar-refractivity contribution is 5.25. The molecule has 0 radical (unpaired) electrons. The fourth-order valence-electron chi connectivity index (χ4n) is 3.05. The van der Waals surface area contributed by atoms with E-state index in [0.717, 1.165) is 37.6 Å². The molecule has 2 aliphatic carbocycles. The molecule has 0 aliphatic heterocycles. The summed E-state index contributed by atoms with van der Waals surface area (Å²) in [5.41, 5.74) is 5.86. The van der Waals surface area contributed by atoms with Crippen molar-refractivity contribution in [1.82, 2.24) is 14.8 Å². The van der Waals surface area contributed by atoms with Gasteiger partial charge in [-0.2, -0.15) is 0 Å². The van der Waals surface area contributed by atoms with E-state index in [0.29, 0.717) is 17.8 Å². The topological polar surface area (TPSA) is 66.0 Å². The fourth-order valence-corrected chi connectivity index (χ4v) is 3.05. The maximum Gasteiger partial charge on any atom is 0.171 e.